The molecule has 6 rings (SSSR count). The van der Waals surface area contributed by atoms with Gasteiger partial charge in [0.2, 0.25) is 0 Å². The third kappa shape index (κ3) is 7.40. The number of carbonyl (C=O) groups is 2. The molecule has 2 aromatic heterocycles. The monoisotopic (exact) mass is 688 g/mol. The average molecular weight is 689 g/mol. The molecule has 0 aliphatic heterocycles. The second kappa shape index (κ2) is 14.4. The Morgan fingerprint density at radius 1 is 0.980 bits per heavy atom. The SMILES string of the molecule is CCCCOC1CC(NC(=O)c2cccc(-c3cc4c(C(=O)NC)c(-c5ccc(F)cc5)oc4cc3CCC(F)(F)F)c2)(c2ncccn2)C1. The minimum absolute atomic E-state index is 0.0656. The van der Waals surface area contributed by atoms with Gasteiger partial charge in [-0.25, -0.2) is 14.4 Å². The lowest BCUT2D eigenvalue weighted by atomic mass is 9.73. The second-order valence-electron chi connectivity index (χ2n) is 12.5. The Kier molecular flexibility index (Phi) is 10.0. The van der Waals surface area contributed by atoms with Crippen molar-refractivity contribution in [3.8, 4) is 22.5 Å². The number of fused-ring (bicyclic) bond motifs is 1. The predicted octanol–water partition coefficient (Wildman–Crippen LogP) is 8.15. The molecule has 260 valence electrons. The van der Waals surface area contributed by atoms with Gasteiger partial charge in [-0.3, -0.25) is 9.59 Å². The first kappa shape index (κ1) is 34.8. The van der Waals surface area contributed by atoms with Crippen LogP contribution in [0.15, 0.2) is 83.5 Å². The maximum absolute atomic E-state index is 13.8. The number of aryl methyl sites for hydroxylation is 1. The molecule has 1 saturated carbocycles. The summed E-state index contributed by atoms with van der Waals surface area (Å²) in [4.78, 5) is 35.9. The molecule has 0 unspecified atom stereocenters. The van der Waals surface area contributed by atoms with Crippen LogP contribution in [0.2, 0.25) is 0 Å². The van der Waals surface area contributed by atoms with Gasteiger partial charge in [-0.15, -0.1) is 0 Å². The summed E-state index contributed by atoms with van der Waals surface area (Å²) in [6.45, 7) is 2.70. The second-order valence-corrected chi connectivity index (χ2v) is 12.5. The molecule has 5 aromatic rings. The molecule has 12 heteroatoms. The van der Waals surface area contributed by atoms with Crippen molar-refractivity contribution in [3.05, 3.63) is 107 Å². The van der Waals surface area contributed by atoms with Gasteiger partial charge in [-0.05, 0) is 84.1 Å². The number of aromatic nitrogens is 2. The highest BCUT2D eigenvalue weighted by atomic mass is 19.4. The summed E-state index contributed by atoms with van der Waals surface area (Å²) in [6.07, 6.45) is 0.173. The molecule has 1 aliphatic carbocycles. The number of hydrogen-bond donors (Lipinski definition) is 2. The fourth-order valence-corrected chi connectivity index (χ4v) is 6.33. The van der Waals surface area contributed by atoms with E-state index in [4.69, 9.17) is 9.15 Å². The number of rotatable bonds is 12. The van der Waals surface area contributed by atoms with E-state index in [1.807, 2.05) is 0 Å². The van der Waals surface area contributed by atoms with E-state index in [0.717, 1.165) is 12.8 Å². The smallest absolute Gasteiger partial charge is 0.389 e. The highest BCUT2D eigenvalue weighted by Gasteiger charge is 2.49. The summed E-state index contributed by atoms with van der Waals surface area (Å²) >= 11 is 0. The normalized spacial score (nSPS) is 17.4. The van der Waals surface area contributed by atoms with E-state index in [2.05, 4.69) is 27.5 Å². The fraction of sp³-hybridized carbons (Fsp3) is 0.316. The summed E-state index contributed by atoms with van der Waals surface area (Å²) < 4.78 is 66.3. The minimum Gasteiger partial charge on any atom is -0.455 e. The molecule has 0 spiro atoms. The lowest BCUT2D eigenvalue weighted by Crippen LogP contribution is -2.58. The van der Waals surface area contributed by atoms with Crippen LogP contribution in [0.1, 0.15) is 71.1 Å². The zero-order valence-corrected chi connectivity index (χ0v) is 27.6. The van der Waals surface area contributed by atoms with Crippen molar-refractivity contribution < 1.29 is 36.3 Å². The maximum atomic E-state index is 13.8. The number of hydrogen-bond acceptors (Lipinski definition) is 6. The van der Waals surface area contributed by atoms with Crippen LogP contribution in [-0.4, -0.2) is 47.7 Å². The van der Waals surface area contributed by atoms with Crippen LogP contribution in [0.3, 0.4) is 0 Å². The quantitative estimate of drug-likeness (QED) is 0.101. The first-order valence-electron chi connectivity index (χ1n) is 16.5. The van der Waals surface area contributed by atoms with E-state index in [1.165, 1.54) is 37.4 Å². The largest absolute Gasteiger partial charge is 0.455 e. The Balaban J connectivity index is 1.39. The number of nitrogens with one attached hydrogen (secondary N) is 2. The highest BCUT2D eigenvalue weighted by molar-refractivity contribution is 6.12. The summed E-state index contributed by atoms with van der Waals surface area (Å²) in [5, 5.41) is 6.07. The van der Waals surface area contributed by atoms with Crippen molar-refractivity contribution in [3.63, 3.8) is 0 Å². The fourth-order valence-electron chi connectivity index (χ4n) is 6.33. The molecule has 0 atom stereocenters. The zero-order chi connectivity index (χ0) is 35.5. The number of nitrogens with zero attached hydrogens (tertiary/aromatic N) is 2. The van der Waals surface area contributed by atoms with Gasteiger partial charge in [0, 0.05) is 61.8 Å². The van der Waals surface area contributed by atoms with Crippen LogP contribution in [0, 0.1) is 5.82 Å². The van der Waals surface area contributed by atoms with E-state index in [1.54, 1.807) is 48.8 Å². The van der Waals surface area contributed by atoms with Crippen LogP contribution in [-0.2, 0) is 16.7 Å². The van der Waals surface area contributed by atoms with Gasteiger partial charge in [0.15, 0.2) is 5.82 Å². The highest BCUT2D eigenvalue weighted by Crippen LogP contribution is 2.43. The number of halogens is 4. The van der Waals surface area contributed by atoms with Crippen molar-refractivity contribution in [1.29, 1.82) is 0 Å². The summed E-state index contributed by atoms with van der Waals surface area (Å²) in [7, 11) is 1.45. The molecule has 1 aliphatic rings. The molecule has 50 heavy (non-hydrogen) atoms. The van der Waals surface area contributed by atoms with Gasteiger partial charge < -0.3 is 19.8 Å². The summed E-state index contributed by atoms with van der Waals surface area (Å²) in [5.41, 5.74) is 1.39. The van der Waals surface area contributed by atoms with Crippen molar-refractivity contribution in [2.45, 2.75) is 63.3 Å². The molecule has 3 aromatic carbocycles. The van der Waals surface area contributed by atoms with E-state index in [9.17, 15) is 27.2 Å². The number of alkyl halides is 3. The topological polar surface area (TPSA) is 106 Å². The standard InChI is InChI=1S/C38H36F4N4O4/c1-3-4-17-49-28-21-37(22-28,36-44-15-6-16-45-36)46-34(47)26-8-5-7-24(18-26)29-20-30-31(19-25(29)13-14-38(40,41)42)50-33(32(30)35(48)43-2)23-9-11-27(39)12-10-23/h5-12,15-16,18-20,28H,3-4,13-14,17,21-22H2,1-2H3,(H,43,48)(H,46,47). The molecular formula is C38H36F4N4O4. The molecule has 2 amide bonds. The molecule has 0 saturated heterocycles. The van der Waals surface area contributed by atoms with Crippen molar-refractivity contribution in [1.82, 2.24) is 20.6 Å². The number of benzene rings is 3. The summed E-state index contributed by atoms with van der Waals surface area (Å²) in [6, 6.07) is 16.8. The molecule has 0 radical (unpaired) electrons. The molecular weight excluding hydrogens is 652 g/mol. The number of unbranched alkanes of at least 4 members (excludes halogenated alkanes) is 1. The number of furan rings is 1. The van der Waals surface area contributed by atoms with Crippen LogP contribution in [0.25, 0.3) is 33.4 Å². The van der Waals surface area contributed by atoms with Gasteiger partial charge in [0.05, 0.1) is 11.7 Å². The third-order valence-electron chi connectivity index (χ3n) is 8.94. The van der Waals surface area contributed by atoms with Crippen molar-refractivity contribution >= 4 is 22.8 Å². The Morgan fingerprint density at radius 3 is 2.40 bits per heavy atom. The van der Waals surface area contributed by atoms with Gasteiger partial charge >= 0.3 is 6.18 Å². The van der Waals surface area contributed by atoms with Crippen LogP contribution in [0.5, 0.6) is 0 Å². The molecule has 0 bridgehead atoms. The van der Waals surface area contributed by atoms with E-state index in [0.29, 0.717) is 52.9 Å². The number of ether oxygens (including phenoxy) is 1. The lowest BCUT2D eigenvalue weighted by molar-refractivity contribution is -0.133. The predicted molar refractivity (Wildman–Crippen MR) is 180 cm³/mol. The number of carbonyl (C=O) groups excluding carboxylic acids is 2. The lowest BCUT2D eigenvalue weighted by Gasteiger charge is -2.46. The average Bonchev–Trinajstić information content (AvgIpc) is 3.47. The number of amides is 2. The maximum Gasteiger partial charge on any atom is 0.389 e. The van der Waals surface area contributed by atoms with Crippen LogP contribution < -0.4 is 10.6 Å². The Bertz CT molecular complexity index is 1990. The van der Waals surface area contributed by atoms with Crippen molar-refractivity contribution in [2.75, 3.05) is 13.7 Å². The molecule has 8 nitrogen and oxygen atoms in total. The van der Waals surface area contributed by atoms with Crippen LogP contribution in [0.4, 0.5) is 17.6 Å². The van der Waals surface area contributed by atoms with Crippen molar-refractivity contribution in [2.24, 2.45) is 0 Å². The van der Waals surface area contributed by atoms with E-state index in [-0.39, 0.29) is 35.0 Å². The van der Waals surface area contributed by atoms with Gasteiger partial charge in [-0.1, -0.05) is 25.5 Å². The zero-order valence-electron chi connectivity index (χ0n) is 27.6. The Morgan fingerprint density at radius 2 is 1.72 bits per heavy atom. The van der Waals surface area contributed by atoms with Crippen LogP contribution >= 0.6 is 0 Å². The minimum atomic E-state index is -4.43. The molecule has 2 heterocycles. The first-order chi connectivity index (χ1) is 24.0. The van der Waals surface area contributed by atoms with E-state index < -0.39 is 35.8 Å². The molecule has 2 N–H and O–H groups in total. The first-order valence-corrected chi connectivity index (χ1v) is 16.5. The molecule has 1 fully saturated rings. The Labute approximate surface area is 286 Å². The van der Waals surface area contributed by atoms with E-state index >= 15 is 0 Å². The van der Waals surface area contributed by atoms with Gasteiger partial charge in [0.1, 0.15) is 22.7 Å². The van der Waals surface area contributed by atoms with Gasteiger partial charge in [0.25, 0.3) is 11.8 Å². The Hall–Kier alpha value is -5.10. The summed E-state index contributed by atoms with van der Waals surface area (Å²) in [5.74, 6) is -0.754. The third-order valence-corrected chi connectivity index (χ3v) is 8.94. The van der Waals surface area contributed by atoms with Gasteiger partial charge in [-0.2, -0.15) is 13.2 Å².